The van der Waals surface area contributed by atoms with Crippen molar-refractivity contribution in [1.29, 1.82) is 0 Å². The normalized spacial score (nSPS) is 12.1. The number of aromatic nitrogens is 2. The number of pyridine rings is 1. The molecule has 2 rings (SSSR count). The number of aromatic amines is 1. The SMILES string of the molecule is CC(C)(C)c1cc2c(B(O)O)ccnc2[nH]1. The molecule has 0 unspecified atom stereocenters. The second-order valence-corrected chi connectivity index (χ2v) is 4.97. The van der Waals surface area contributed by atoms with E-state index in [1.54, 1.807) is 12.3 Å². The highest BCUT2D eigenvalue weighted by atomic mass is 16.4. The molecule has 0 radical (unpaired) electrons. The average Bonchev–Trinajstić information content (AvgIpc) is 2.59. The van der Waals surface area contributed by atoms with Gasteiger partial charge in [0.1, 0.15) is 5.65 Å². The summed E-state index contributed by atoms with van der Waals surface area (Å²) in [6, 6.07) is 3.55. The van der Waals surface area contributed by atoms with E-state index < -0.39 is 7.12 Å². The van der Waals surface area contributed by atoms with Crippen LogP contribution in [0.15, 0.2) is 18.3 Å². The van der Waals surface area contributed by atoms with Gasteiger partial charge in [0, 0.05) is 22.7 Å². The van der Waals surface area contributed by atoms with Crippen molar-refractivity contribution >= 4 is 23.6 Å². The van der Waals surface area contributed by atoms with Crippen molar-refractivity contribution in [2.24, 2.45) is 0 Å². The summed E-state index contributed by atoms with van der Waals surface area (Å²) in [7, 11) is -1.46. The third kappa shape index (κ3) is 1.84. The van der Waals surface area contributed by atoms with E-state index in [0.29, 0.717) is 11.1 Å². The predicted octanol–water partition coefficient (Wildman–Crippen LogP) is 0.540. The Morgan fingerprint density at radius 3 is 2.56 bits per heavy atom. The first-order valence-electron chi connectivity index (χ1n) is 5.24. The molecule has 0 fully saturated rings. The molecule has 2 aromatic rings. The summed E-state index contributed by atoms with van der Waals surface area (Å²) in [4.78, 5) is 7.38. The quantitative estimate of drug-likeness (QED) is 0.612. The Morgan fingerprint density at radius 1 is 1.31 bits per heavy atom. The maximum Gasteiger partial charge on any atom is 0.489 e. The van der Waals surface area contributed by atoms with Gasteiger partial charge in [-0.3, -0.25) is 0 Å². The molecule has 0 aliphatic heterocycles. The zero-order valence-electron chi connectivity index (χ0n) is 9.65. The lowest BCUT2D eigenvalue weighted by Crippen LogP contribution is -2.30. The summed E-state index contributed by atoms with van der Waals surface area (Å²) in [6.07, 6.45) is 1.57. The third-order valence-electron chi connectivity index (χ3n) is 2.65. The molecule has 5 heteroatoms. The van der Waals surface area contributed by atoms with Crippen molar-refractivity contribution in [2.75, 3.05) is 0 Å². The number of nitrogens with zero attached hydrogens (tertiary/aromatic N) is 1. The lowest BCUT2D eigenvalue weighted by Gasteiger charge is -2.15. The van der Waals surface area contributed by atoms with Crippen molar-refractivity contribution in [3.63, 3.8) is 0 Å². The van der Waals surface area contributed by atoms with E-state index in [2.05, 4.69) is 30.7 Å². The Hall–Kier alpha value is -1.33. The van der Waals surface area contributed by atoms with Crippen molar-refractivity contribution in [2.45, 2.75) is 26.2 Å². The van der Waals surface area contributed by atoms with Crippen molar-refractivity contribution in [3.8, 4) is 0 Å². The second kappa shape index (κ2) is 3.61. The maximum absolute atomic E-state index is 9.25. The zero-order valence-corrected chi connectivity index (χ0v) is 9.65. The summed E-state index contributed by atoms with van der Waals surface area (Å²) >= 11 is 0. The van der Waals surface area contributed by atoms with Crippen LogP contribution in [0.3, 0.4) is 0 Å². The van der Waals surface area contributed by atoms with Crippen LogP contribution in [-0.4, -0.2) is 27.1 Å². The Morgan fingerprint density at radius 2 is 2.00 bits per heavy atom. The zero-order chi connectivity index (χ0) is 11.9. The van der Waals surface area contributed by atoms with Crippen LogP contribution >= 0.6 is 0 Å². The van der Waals surface area contributed by atoms with E-state index in [-0.39, 0.29) is 5.41 Å². The summed E-state index contributed by atoms with van der Waals surface area (Å²) in [6.45, 7) is 6.27. The standard InChI is InChI=1S/C11H15BN2O2/c1-11(2,3)9-6-7-8(12(15)16)4-5-13-10(7)14-9/h4-6,15-16H,1-3H3,(H,13,14). The van der Waals surface area contributed by atoms with E-state index in [9.17, 15) is 10.0 Å². The fourth-order valence-electron chi connectivity index (χ4n) is 1.68. The highest BCUT2D eigenvalue weighted by Gasteiger charge is 2.21. The Balaban J connectivity index is 2.66. The first kappa shape index (κ1) is 11.2. The fraction of sp³-hybridized carbons (Fsp3) is 0.364. The predicted molar refractivity (Wildman–Crippen MR) is 64.6 cm³/mol. The van der Waals surface area contributed by atoms with E-state index in [1.807, 2.05) is 6.07 Å². The van der Waals surface area contributed by atoms with E-state index in [4.69, 9.17) is 0 Å². The number of rotatable bonds is 1. The van der Waals surface area contributed by atoms with Crippen LogP contribution in [0.25, 0.3) is 11.0 Å². The Labute approximate surface area is 94.5 Å². The van der Waals surface area contributed by atoms with Gasteiger partial charge in [-0.2, -0.15) is 0 Å². The van der Waals surface area contributed by atoms with Crippen LogP contribution in [0, 0.1) is 0 Å². The monoisotopic (exact) mass is 218 g/mol. The van der Waals surface area contributed by atoms with Gasteiger partial charge in [0.15, 0.2) is 0 Å². The first-order valence-corrected chi connectivity index (χ1v) is 5.24. The lowest BCUT2D eigenvalue weighted by molar-refractivity contribution is 0.426. The van der Waals surface area contributed by atoms with Crippen molar-refractivity contribution < 1.29 is 10.0 Å². The molecule has 0 bridgehead atoms. The minimum atomic E-state index is -1.46. The van der Waals surface area contributed by atoms with Crippen LogP contribution in [-0.2, 0) is 5.41 Å². The van der Waals surface area contributed by atoms with Gasteiger partial charge >= 0.3 is 7.12 Å². The van der Waals surface area contributed by atoms with Gasteiger partial charge < -0.3 is 15.0 Å². The topological polar surface area (TPSA) is 69.1 Å². The molecule has 0 atom stereocenters. The minimum Gasteiger partial charge on any atom is -0.423 e. The highest BCUT2D eigenvalue weighted by molar-refractivity contribution is 6.61. The molecule has 0 aliphatic carbocycles. The van der Waals surface area contributed by atoms with Crippen LogP contribution in [0.1, 0.15) is 26.5 Å². The molecule has 0 spiro atoms. The number of H-pyrrole nitrogens is 1. The van der Waals surface area contributed by atoms with Crippen molar-refractivity contribution in [1.82, 2.24) is 9.97 Å². The molecule has 0 saturated carbocycles. The Bertz CT molecular complexity index is 514. The van der Waals surface area contributed by atoms with Crippen LogP contribution in [0.2, 0.25) is 0 Å². The number of fused-ring (bicyclic) bond motifs is 1. The van der Waals surface area contributed by atoms with E-state index in [0.717, 1.165) is 11.1 Å². The molecular formula is C11H15BN2O2. The molecule has 2 aromatic heterocycles. The number of nitrogens with one attached hydrogen (secondary N) is 1. The molecular weight excluding hydrogens is 203 g/mol. The lowest BCUT2D eigenvalue weighted by atomic mass is 9.79. The Kier molecular flexibility index (Phi) is 2.52. The molecule has 2 heterocycles. The second-order valence-electron chi connectivity index (χ2n) is 4.97. The number of hydrogen-bond acceptors (Lipinski definition) is 3. The molecule has 84 valence electrons. The highest BCUT2D eigenvalue weighted by Crippen LogP contribution is 2.23. The summed E-state index contributed by atoms with van der Waals surface area (Å²) in [5, 5.41) is 19.3. The van der Waals surface area contributed by atoms with Crippen LogP contribution in [0.5, 0.6) is 0 Å². The molecule has 3 N–H and O–H groups in total. The third-order valence-corrected chi connectivity index (χ3v) is 2.65. The molecule has 4 nitrogen and oxygen atoms in total. The summed E-state index contributed by atoms with van der Waals surface area (Å²) in [5.41, 5.74) is 2.19. The molecule has 0 saturated heterocycles. The van der Waals surface area contributed by atoms with Gasteiger partial charge in [-0.1, -0.05) is 20.8 Å². The van der Waals surface area contributed by atoms with Crippen molar-refractivity contribution in [3.05, 3.63) is 24.0 Å². The minimum absolute atomic E-state index is 0.0155. The largest absolute Gasteiger partial charge is 0.489 e. The van der Waals surface area contributed by atoms with Gasteiger partial charge in [-0.15, -0.1) is 0 Å². The molecule has 16 heavy (non-hydrogen) atoms. The molecule has 0 aromatic carbocycles. The molecule has 0 aliphatic rings. The number of hydrogen-bond donors (Lipinski definition) is 3. The van der Waals surface area contributed by atoms with E-state index >= 15 is 0 Å². The van der Waals surface area contributed by atoms with Crippen LogP contribution in [0.4, 0.5) is 0 Å². The van der Waals surface area contributed by atoms with Gasteiger partial charge in [0.05, 0.1) is 0 Å². The van der Waals surface area contributed by atoms with Gasteiger partial charge in [-0.25, -0.2) is 4.98 Å². The van der Waals surface area contributed by atoms with Gasteiger partial charge in [0.25, 0.3) is 0 Å². The average molecular weight is 218 g/mol. The smallest absolute Gasteiger partial charge is 0.423 e. The maximum atomic E-state index is 9.25. The van der Waals surface area contributed by atoms with Gasteiger partial charge in [0.2, 0.25) is 0 Å². The van der Waals surface area contributed by atoms with E-state index in [1.165, 1.54) is 0 Å². The molecule has 0 amide bonds. The summed E-state index contributed by atoms with van der Waals surface area (Å²) in [5.74, 6) is 0. The van der Waals surface area contributed by atoms with Crippen LogP contribution < -0.4 is 5.46 Å². The van der Waals surface area contributed by atoms with Gasteiger partial charge in [-0.05, 0) is 17.6 Å². The first-order chi connectivity index (χ1) is 7.39. The fourth-order valence-corrected chi connectivity index (χ4v) is 1.68. The summed E-state index contributed by atoms with van der Waals surface area (Å²) < 4.78 is 0.